The first kappa shape index (κ1) is 29.7. The number of rotatable bonds is 6. The van der Waals surface area contributed by atoms with Crippen molar-refractivity contribution in [3.05, 3.63) is 150 Å². The van der Waals surface area contributed by atoms with Crippen LogP contribution in [0.3, 0.4) is 0 Å². The maximum absolute atomic E-state index is 13.2. The van der Waals surface area contributed by atoms with Crippen molar-refractivity contribution in [2.45, 2.75) is 53.2 Å². The smallest absolute Gasteiger partial charge is 0.120 e. The molecule has 0 atom stereocenters. The summed E-state index contributed by atoms with van der Waals surface area (Å²) in [5, 5.41) is 2.77. The van der Waals surface area contributed by atoms with Gasteiger partial charge in [0.15, 0.2) is 0 Å². The summed E-state index contributed by atoms with van der Waals surface area (Å²) in [5.41, 5.74) is 5.43. The largest absolute Gasteiger partial charge is 0.500 e. The van der Waals surface area contributed by atoms with Crippen LogP contribution in [-0.2, 0) is 32.9 Å². The van der Waals surface area contributed by atoms with Crippen molar-refractivity contribution in [3.8, 4) is 22.5 Å². The van der Waals surface area contributed by atoms with Gasteiger partial charge in [0.2, 0.25) is 0 Å². The SMILES string of the molecule is [2H]C([2H])(c1ccccc1)c1cc(-c2[c-]cc(F)cc2)ncc1[Si](C)(C)C.[2H]c1ccc2oc3c[c-]c(-c4cc(C([2H])([2H])C(C)(C)C)ccn4)cc3c2c1.[Ir]. The zero-order valence-corrected chi connectivity index (χ0v) is 31.8. The molecule has 0 bridgehead atoms. The van der Waals surface area contributed by atoms with Gasteiger partial charge in [-0.3, -0.25) is 4.39 Å². The molecule has 3 aromatic heterocycles. The van der Waals surface area contributed by atoms with Gasteiger partial charge in [0.05, 0.1) is 15.0 Å². The van der Waals surface area contributed by atoms with Crippen molar-refractivity contribution in [2.24, 2.45) is 5.41 Å². The number of nitrogens with zero attached hydrogens (tertiary/aromatic N) is 2. The third kappa shape index (κ3) is 9.07. The zero-order chi connectivity index (χ0) is 38.3. The molecular weight excluding hydrogens is 800 g/mol. The number of hydrogen-bond acceptors (Lipinski definition) is 3. The Morgan fingerprint density at radius 2 is 1.55 bits per heavy atom. The fourth-order valence-electron chi connectivity index (χ4n) is 5.39. The van der Waals surface area contributed by atoms with Crippen LogP contribution < -0.4 is 5.19 Å². The van der Waals surface area contributed by atoms with Gasteiger partial charge in [0, 0.05) is 49.2 Å². The zero-order valence-electron chi connectivity index (χ0n) is 33.4. The number of aromatic nitrogens is 2. The number of hydrogen-bond donors (Lipinski definition) is 0. The van der Waals surface area contributed by atoms with Gasteiger partial charge < -0.3 is 14.4 Å². The molecule has 3 heterocycles. The second-order valence-corrected chi connectivity index (χ2v) is 18.8. The van der Waals surface area contributed by atoms with E-state index in [4.69, 9.17) is 11.3 Å². The Balaban J connectivity index is 0.000000204. The molecule has 251 valence electrons. The minimum absolute atomic E-state index is 0. The van der Waals surface area contributed by atoms with Gasteiger partial charge in [0.1, 0.15) is 5.58 Å². The van der Waals surface area contributed by atoms with Crippen molar-refractivity contribution in [2.75, 3.05) is 0 Å². The van der Waals surface area contributed by atoms with Crippen LogP contribution in [0.2, 0.25) is 19.6 Å². The quantitative estimate of drug-likeness (QED) is 0.124. The average Bonchev–Trinajstić information content (AvgIpc) is 3.48. The summed E-state index contributed by atoms with van der Waals surface area (Å²) in [5.74, 6) is -0.354. The third-order valence-electron chi connectivity index (χ3n) is 7.62. The molecule has 0 amide bonds. The molecule has 3 nitrogen and oxygen atoms in total. The fourth-order valence-corrected chi connectivity index (χ4v) is 6.78. The van der Waals surface area contributed by atoms with Crippen molar-refractivity contribution < 1.29 is 35.8 Å². The number of furan rings is 1. The second-order valence-electron chi connectivity index (χ2n) is 13.7. The first-order chi connectivity index (χ1) is 24.9. The second kappa shape index (κ2) is 15.1. The Bertz CT molecular complexity index is 2410. The van der Waals surface area contributed by atoms with Gasteiger partial charge in [-0.25, -0.2) is 0 Å². The van der Waals surface area contributed by atoms with E-state index in [9.17, 15) is 4.39 Å². The summed E-state index contributed by atoms with van der Waals surface area (Å²) in [4.78, 5) is 8.96. The Labute approximate surface area is 311 Å². The molecule has 7 aromatic rings. The van der Waals surface area contributed by atoms with Gasteiger partial charge >= 0.3 is 0 Å². The van der Waals surface area contributed by atoms with Gasteiger partial charge in [-0.1, -0.05) is 118 Å². The van der Waals surface area contributed by atoms with E-state index in [-0.39, 0.29) is 25.9 Å². The molecule has 0 saturated carbocycles. The van der Waals surface area contributed by atoms with Gasteiger partial charge in [-0.15, -0.1) is 53.6 Å². The summed E-state index contributed by atoms with van der Waals surface area (Å²) in [6, 6.07) is 34.3. The van der Waals surface area contributed by atoms with Crippen LogP contribution in [0, 0.1) is 23.4 Å². The van der Waals surface area contributed by atoms with Crippen LogP contribution in [-0.4, -0.2) is 18.0 Å². The molecule has 0 aliphatic carbocycles. The van der Waals surface area contributed by atoms with E-state index < -0.39 is 26.2 Å². The maximum atomic E-state index is 13.2. The van der Waals surface area contributed by atoms with Gasteiger partial charge in [-0.05, 0) is 52.4 Å². The van der Waals surface area contributed by atoms with Crippen molar-refractivity contribution in [3.63, 3.8) is 0 Å². The van der Waals surface area contributed by atoms with Crippen LogP contribution >= 0.6 is 0 Å². The van der Waals surface area contributed by atoms with E-state index in [1.165, 1.54) is 12.1 Å². The van der Waals surface area contributed by atoms with E-state index in [1.54, 1.807) is 73.1 Å². The number of pyridine rings is 2. The Morgan fingerprint density at radius 3 is 2.27 bits per heavy atom. The van der Waals surface area contributed by atoms with Gasteiger partial charge in [-0.2, -0.15) is 0 Å². The van der Waals surface area contributed by atoms with E-state index in [0.717, 1.165) is 27.1 Å². The minimum Gasteiger partial charge on any atom is -0.500 e. The third-order valence-corrected chi connectivity index (χ3v) is 9.63. The molecular formula is C43H41FIrN2OSi-2. The average molecular weight is 846 g/mol. The van der Waals surface area contributed by atoms with Gasteiger partial charge in [0.25, 0.3) is 0 Å². The molecule has 0 spiro atoms. The first-order valence-electron chi connectivity index (χ1n) is 18.4. The van der Waals surface area contributed by atoms with Crippen molar-refractivity contribution >= 4 is 35.2 Å². The first-order valence-corrected chi connectivity index (χ1v) is 19.4. The monoisotopic (exact) mass is 846 g/mol. The molecule has 6 heteroatoms. The Hall–Kier alpha value is -4.22. The Morgan fingerprint density at radius 1 is 0.796 bits per heavy atom. The normalized spacial score (nSPS) is 13.7. The van der Waals surface area contributed by atoms with Crippen LogP contribution in [0.25, 0.3) is 44.5 Å². The molecule has 0 fully saturated rings. The molecule has 0 aliphatic rings. The topological polar surface area (TPSA) is 38.9 Å². The summed E-state index contributed by atoms with van der Waals surface area (Å²) in [6.45, 7) is 12.2. The summed E-state index contributed by atoms with van der Waals surface area (Å²) in [6.07, 6.45) is 0.294. The molecule has 1 radical (unpaired) electrons. The molecule has 0 aliphatic heterocycles. The van der Waals surface area contributed by atoms with Crippen LogP contribution in [0.4, 0.5) is 4.39 Å². The number of halogens is 1. The van der Waals surface area contributed by atoms with E-state index >= 15 is 0 Å². The summed E-state index contributed by atoms with van der Waals surface area (Å²) >= 11 is 0. The van der Waals surface area contributed by atoms with Crippen LogP contribution in [0.5, 0.6) is 0 Å². The molecule has 0 saturated heterocycles. The minimum atomic E-state index is -1.83. The van der Waals surface area contributed by atoms with E-state index in [1.807, 2.05) is 45.0 Å². The van der Waals surface area contributed by atoms with E-state index in [2.05, 4.69) is 41.7 Å². The molecule has 49 heavy (non-hydrogen) atoms. The fraction of sp³-hybridized carbons (Fsp3) is 0.209. The number of benzene rings is 4. The van der Waals surface area contributed by atoms with Crippen molar-refractivity contribution in [1.29, 1.82) is 0 Å². The van der Waals surface area contributed by atoms with E-state index in [0.29, 0.717) is 45.3 Å². The van der Waals surface area contributed by atoms with Crippen LogP contribution in [0.15, 0.2) is 120 Å². The molecule has 0 N–H and O–H groups in total. The maximum Gasteiger partial charge on any atom is 0.120 e. The predicted octanol–water partition coefficient (Wildman–Crippen LogP) is 10.9. The molecule has 0 unspecified atom stereocenters. The Kier molecular flexibility index (Phi) is 9.16. The van der Waals surface area contributed by atoms with Crippen molar-refractivity contribution in [1.82, 2.24) is 9.97 Å². The summed E-state index contributed by atoms with van der Waals surface area (Å²) < 4.78 is 61.5. The number of para-hydroxylation sites is 1. The standard InChI is InChI=1S/C22H20NO.C21H21FNSi.Ir/c1-22(2,3)14-15-10-11-23-19(12-15)16-8-9-21-18(13-16)17-6-4-5-7-20(17)24-21;1-24(2,3)21-15-23-20(17-9-11-19(22)12-10-17)14-18(21)13-16-7-5-4-6-8-16;/h4-7,9-13H,14H2,1-3H3;4-9,11-12,14-15H,13H2,1-3H3;/q2*-1;/i4D,14D2;13D2;. The molecule has 7 rings (SSSR count). The molecule has 4 aromatic carbocycles. The number of fused-ring (bicyclic) bond motifs is 3. The predicted molar refractivity (Wildman–Crippen MR) is 200 cm³/mol. The summed E-state index contributed by atoms with van der Waals surface area (Å²) in [7, 11) is -1.83. The van der Waals surface area contributed by atoms with Crippen LogP contribution in [0.1, 0.15) is 44.3 Å².